The van der Waals surface area contributed by atoms with Crippen LogP contribution < -0.4 is 10.0 Å². The highest BCUT2D eigenvalue weighted by Crippen LogP contribution is 2.19. The number of nitrogens with zero attached hydrogens (tertiary/aromatic N) is 1. The summed E-state index contributed by atoms with van der Waals surface area (Å²) in [4.78, 5) is -0.0217. The SMILES string of the molecule is CNCc1cccc(NS(=O)(=O)c2ccccc2C#N)c1. The van der Waals surface area contributed by atoms with E-state index >= 15 is 0 Å². The molecule has 0 heterocycles. The first-order chi connectivity index (χ1) is 10.1. The van der Waals surface area contributed by atoms with E-state index in [4.69, 9.17) is 5.26 Å². The van der Waals surface area contributed by atoms with Gasteiger partial charge in [0.15, 0.2) is 0 Å². The molecule has 2 aromatic rings. The molecule has 2 rings (SSSR count). The Morgan fingerprint density at radius 3 is 2.62 bits per heavy atom. The second-order valence-corrected chi connectivity index (χ2v) is 6.09. The predicted molar refractivity (Wildman–Crippen MR) is 81.2 cm³/mol. The molecular weight excluding hydrogens is 286 g/mol. The summed E-state index contributed by atoms with van der Waals surface area (Å²) < 4.78 is 27.2. The minimum atomic E-state index is -3.78. The summed E-state index contributed by atoms with van der Waals surface area (Å²) >= 11 is 0. The molecule has 0 radical (unpaired) electrons. The van der Waals surface area contributed by atoms with Crippen LogP contribution in [0, 0.1) is 11.3 Å². The van der Waals surface area contributed by atoms with Crippen LogP contribution in [0.25, 0.3) is 0 Å². The number of nitriles is 1. The molecule has 0 saturated heterocycles. The van der Waals surface area contributed by atoms with E-state index in [9.17, 15) is 8.42 Å². The zero-order chi connectivity index (χ0) is 15.3. The summed E-state index contributed by atoms with van der Waals surface area (Å²) in [5.41, 5.74) is 1.55. The Bertz CT molecular complexity index is 780. The van der Waals surface area contributed by atoms with Crippen LogP contribution in [0.1, 0.15) is 11.1 Å². The third kappa shape index (κ3) is 3.60. The number of hydrogen-bond donors (Lipinski definition) is 2. The standard InChI is InChI=1S/C15H15N3O2S/c1-17-11-12-5-4-7-14(9-12)18-21(19,20)15-8-3-2-6-13(15)10-16/h2-9,17-18H,11H2,1H3. The predicted octanol–water partition coefficient (Wildman–Crippen LogP) is 2.08. The molecule has 2 aromatic carbocycles. The van der Waals surface area contributed by atoms with E-state index in [0.717, 1.165) is 5.56 Å². The minimum Gasteiger partial charge on any atom is -0.316 e. The number of hydrogen-bond acceptors (Lipinski definition) is 4. The van der Waals surface area contributed by atoms with Gasteiger partial charge in [-0.25, -0.2) is 8.42 Å². The van der Waals surface area contributed by atoms with Gasteiger partial charge in [0, 0.05) is 12.2 Å². The highest BCUT2D eigenvalue weighted by atomic mass is 32.2. The van der Waals surface area contributed by atoms with Crippen molar-refractivity contribution < 1.29 is 8.42 Å². The number of rotatable bonds is 5. The topological polar surface area (TPSA) is 82.0 Å². The van der Waals surface area contributed by atoms with Gasteiger partial charge < -0.3 is 5.32 Å². The summed E-state index contributed by atoms with van der Waals surface area (Å²) in [6.45, 7) is 0.643. The van der Waals surface area contributed by atoms with Crippen LogP contribution in [0.3, 0.4) is 0 Å². The molecule has 0 aliphatic carbocycles. The van der Waals surface area contributed by atoms with Gasteiger partial charge in [-0.2, -0.15) is 5.26 Å². The second kappa shape index (κ2) is 6.39. The van der Waals surface area contributed by atoms with Gasteiger partial charge in [0.2, 0.25) is 0 Å². The summed E-state index contributed by atoms with van der Waals surface area (Å²) in [5.74, 6) is 0. The number of nitrogens with one attached hydrogen (secondary N) is 2. The maximum atomic E-state index is 12.4. The highest BCUT2D eigenvalue weighted by Gasteiger charge is 2.18. The van der Waals surface area contributed by atoms with Gasteiger partial charge in [-0.15, -0.1) is 0 Å². The second-order valence-electron chi connectivity index (χ2n) is 4.44. The Labute approximate surface area is 124 Å². The fourth-order valence-electron chi connectivity index (χ4n) is 1.95. The van der Waals surface area contributed by atoms with Crippen LogP contribution in [0.4, 0.5) is 5.69 Å². The minimum absolute atomic E-state index is 0.0217. The normalized spacial score (nSPS) is 10.9. The molecule has 6 heteroatoms. The van der Waals surface area contributed by atoms with E-state index in [0.29, 0.717) is 12.2 Å². The molecule has 2 N–H and O–H groups in total. The smallest absolute Gasteiger partial charge is 0.263 e. The van der Waals surface area contributed by atoms with Crippen molar-refractivity contribution in [2.75, 3.05) is 11.8 Å². The van der Waals surface area contributed by atoms with Gasteiger partial charge in [-0.1, -0.05) is 24.3 Å². The zero-order valence-corrected chi connectivity index (χ0v) is 12.3. The molecule has 0 unspecified atom stereocenters. The van der Waals surface area contributed by atoms with E-state index in [1.165, 1.54) is 12.1 Å². The Hall–Kier alpha value is -2.36. The van der Waals surface area contributed by atoms with Crippen LogP contribution in [0.5, 0.6) is 0 Å². The van der Waals surface area contributed by atoms with Crippen LogP contribution in [-0.4, -0.2) is 15.5 Å². The van der Waals surface area contributed by atoms with Crippen molar-refractivity contribution in [1.82, 2.24) is 5.32 Å². The maximum absolute atomic E-state index is 12.4. The molecule has 0 bridgehead atoms. The first kappa shape index (κ1) is 15.0. The lowest BCUT2D eigenvalue weighted by Gasteiger charge is -2.10. The molecule has 108 valence electrons. The van der Waals surface area contributed by atoms with Crippen molar-refractivity contribution in [3.63, 3.8) is 0 Å². The van der Waals surface area contributed by atoms with Crippen molar-refractivity contribution in [2.24, 2.45) is 0 Å². The van der Waals surface area contributed by atoms with E-state index in [1.807, 2.05) is 19.2 Å². The highest BCUT2D eigenvalue weighted by molar-refractivity contribution is 7.92. The van der Waals surface area contributed by atoms with Gasteiger partial charge in [0.1, 0.15) is 11.0 Å². The molecular formula is C15H15N3O2S. The van der Waals surface area contributed by atoms with Crippen molar-refractivity contribution in [3.8, 4) is 6.07 Å². The Morgan fingerprint density at radius 2 is 1.90 bits per heavy atom. The molecule has 0 spiro atoms. The van der Waals surface area contributed by atoms with Crippen molar-refractivity contribution in [3.05, 3.63) is 59.7 Å². The summed E-state index contributed by atoms with van der Waals surface area (Å²) in [6, 6.07) is 15.1. The number of anilines is 1. The molecule has 0 saturated carbocycles. The van der Waals surface area contributed by atoms with Crippen LogP contribution in [0.15, 0.2) is 53.4 Å². The molecule has 21 heavy (non-hydrogen) atoms. The average Bonchev–Trinajstić information content (AvgIpc) is 2.47. The fourth-order valence-corrected chi connectivity index (χ4v) is 3.16. The van der Waals surface area contributed by atoms with Crippen LogP contribution >= 0.6 is 0 Å². The average molecular weight is 301 g/mol. The van der Waals surface area contributed by atoms with Gasteiger partial charge in [-0.05, 0) is 36.9 Å². The quantitative estimate of drug-likeness (QED) is 0.886. The monoisotopic (exact) mass is 301 g/mol. The van der Waals surface area contributed by atoms with Crippen molar-refractivity contribution >= 4 is 15.7 Å². The van der Waals surface area contributed by atoms with Gasteiger partial charge >= 0.3 is 0 Å². The third-order valence-electron chi connectivity index (χ3n) is 2.86. The van der Waals surface area contributed by atoms with E-state index in [1.54, 1.807) is 30.3 Å². The Kier molecular flexibility index (Phi) is 4.58. The van der Waals surface area contributed by atoms with Gasteiger partial charge in [0.25, 0.3) is 10.0 Å². The van der Waals surface area contributed by atoms with E-state index in [2.05, 4.69) is 10.0 Å². The molecule has 0 aromatic heterocycles. The summed E-state index contributed by atoms with van der Waals surface area (Å²) in [7, 11) is -1.96. The molecule has 0 amide bonds. The van der Waals surface area contributed by atoms with Crippen LogP contribution in [-0.2, 0) is 16.6 Å². The molecule has 0 aliphatic rings. The van der Waals surface area contributed by atoms with E-state index < -0.39 is 10.0 Å². The lowest BCUT2D eigenvalue weighted by molar-refractivity contribution is 0.601. The molecule has 0 fully saturated rings. The fraction of sp³-hybridized carbons (Fsp3) is 0.133. The van der Waals surface area contributed by atoms with Gasteiger partial charge in [0.05, 0.1) is 5.56 Å². The Morgan fingerprint density at radius 1 is 1.14 bits per heavy atom. The number of benzene rings is 2. The zero-order valence-electron chi connectivity index (χ0n) is 11.5. The number of sulfonamides is 1. The van der Waals surface area contributed by atoms with Gasteiger partial charge in [-0.3, -0.25) is 4.72 Å². The lowest BCUT2D eigenvalue weighted by atomic mass is 10.2. The van der Waals surface area contributed by atoms with Crippen LogP contribution in [0.2, 0.25) is 0 Å². The van der Waals surface area contributed by atoms with E-state index in [-0.39, 0.29) is 10.5 Å². The lowest BCUT2D eigenvalue weighted by Crippen LogP contribution is -2.14. The Balaban J connectivity index is 2.34. The van der Waals surface area contributed by atoms with Crippen molar-refractivity contribution in [1.29, 1.82) is 5.26 Å². The first-order valence-corrected chi connectivity index (χ1v) is 7.80. The maximum Gasteiger partial charge on any atom is 0.263 e. The van der Waals surface area contributed by atoms with Crippen molar-refractivity contribution in [2.45, 2.75) is 11.4 Å². The molecule has 5 nitrogen and oxygen atoms in total. The molecule has 0 atom stereocenters. The first-order valence-electron chi connectivity index (χ1n) is 6.32. The summed E-state index contributed by atoms with van der Waals surface area (Å²) in [5, 5.41) is 12.0. The third-order valence-corrected chi connectivity index (χ3v) is 4.30. The largest absolute Gasteiger partial charge is 0.316 e. The summed E-state index contributed by atoms with van der Waals surface area (Å²) in [6.07, 6.45) is 0. The molecule has 0 aliphatic heterocycles.